The molecule has 0 unspecified atom stereocenters. The molecular formula is C12H12BrClN2S. The van der Waals surface area contributed by atoms with E-state index in [0.717, 1.165) is 23.3 Å². The average Bonchev–Trinajstić information content (AvgIpc) is 2.78. The maximum atomic E-state index is 6.15. The van der Waals surface area contributed by atoms with Gasteiger partial charge in [-0.05, 0) is 39.9 Å². The van der Waals surface area contributed by atoms with Crippen molar-refractivity contribution in [3.8, 4) is 0 Å². The van der Waals surface area contributed by atoms with E-state index in [1.807, 2.05) is 13.1 Å². The number of anilines is 1. The van der Waals surface area contributed by atoms with E-state index in [1.54, 1.807) is 17.5 Å². The Morgan fingerprint density at radius 3 is 3.00 bits per heavy atom. The maximum Gasteiger partial charge on any atom is 0.147 e. The summed E-state index contributed by atoms with van der Waals surface area (Å²) < 4.78 is 0.901. The van der Waals surface area contributed by atoms with Crippen LogP contribution < -0.4 is 4.90 Å². The molecule has 2 rings (SSSR count). The second-order valence-electron chi connectivity index (χ2n) is 3.71. The fraction of sp³-hybridized carbons (Fsp3) is 0.250. The third-order valence-corrected chi connectivity index (χ3v) is 4.07. The molecule has 0 saturated carbocycles. The number of thiophene rings is 1. The van der Waals surface area contributed by atoms with E-state index in [1.165, 1.54) is 4.88 Å². The van der Waals surface area contributed by atoms with Gasteiger partial charge in [0, 0.05) is 29.1 Å². The predicted octanol–water partition coefficient (Wildman–Crippen LogP) is 4.24. The first-order valence-electron chi connectivity index (χ1n) is 5.21. The topological polar surface area (TPSA) is 16.1 Å². The minimum Gasteiger partial charge on any atom is -0.358 e. The molecule has 0 radical (unpaired) electrons. The predicted molar refractivity (Wildman–Crippen MR) is 78.2 cm³/mol. The van der Waals surface area contributed by atoms with Gasteiger partial charge in [0.15, 0.2) is 0 Å². The highest BCUT2D eigenvalue weighted by Crippen LogP contribution is 2.25. The number of rotatable bonds is 4. The second-order valence-corrected chi connectivity index (χ2v) is 6.07. The first-order valence-corrected chi connectivity index (χ1v) is 7.26. The van der Waals surface area contributed by atoms with E-state index in [0.29, 0.717) is 5.02 Å². The number of likely N-dealkylation sites (N-methyl/N-ethyl adjacent to an activating group) is 1. The van der Waals surface area contributed by atoms with Crippen molar-refractivity contribution in [2.24, 2.45) is 0 Å². The van der Waals surface area contributed by atoms with Crippen LogP contribution in [-0.2, 0) is 6.42 Å². The molecular weight excluding hydrogens is 320 g/mol. The Labute approximate surface area is 118 Å². The highest BCUT2D eigenvalue weighted by Gasteiger charge is 2.08. The van der Waals surface area contributed by atoms with Gasteiger partial charge in [-0.1, -0.05) is 17.7 Å². The number of hydrogen-bond acceptors (Lipinski definition) is 3. The smallest absolute Gasteiger partial charge is 0.147 e. The Morgan fingerprint density at radius 1 is 1.53 bits per heavy atom. The zero-order valence-electron chi connectivity index (χ0n) is 9.36. The molecule has 0 spiro atoms. The van der Waals surface area contributed by atoms with Crippen LogP contribution in [0, 0.1) is 0 Å². The van der Waals surface area contributed by atoms with E-state index in [-0.39, 0.29) is 0 Å². The van der Waals surface area contributed by atoms with Gasteiger partial charge in [0.05, 0.1) is 5.02 Å². The quantitative estimate of drug-likeness (QED) is 0.833. The van der Waals surface area contributed by atoms with Crippen LogP contribution in [0.2, 0.25) is 5.02 Å². The minimum atomic E-state index is 0.674. The van der Waals surface area contributed by atoms with Crippen LogP contribution in [0.1, 0.15) is 4.88 Å². The Morgan fingerprint density at radius 2 is 2.35 bits per heavy atom. The summed E-state index contributed by atoms with van der Waals surface area (Å²) in [5.74, 6) is 0.825. The van der Waals surface area contributed by atoms with Gasteiger partial charge in [-0.3, -0.25) is 0 Å². The molecule has 2 aromatic heterocycles. The number of pyridine rings is 1. The molecule has 0 bridgehead atoms. The van der Waals surface area contributed by atoms with Crippen LogP contribution in [0.3, 0.4) is 0 Å². The van der Waals surface area contributed by atoms with Gasteiger partial charge in [-0.25, -0.2) is 4.98 Å². The Balaban J connectivity index is 2.01. The van der Waals surface area contributed by atoms with Crippen LogP contribution in [0.15, 0.2) is 34.2 Å². The number of hydrogen-bond donors (Lipinski definition) is 0. The molecule has 5 heteroatoms. The first-order chi connectivity index (χ1) is 8.16. The Bertz CT molecular complexity index is 487. The lowest BCUT2D eigenvalue weighted by Crippen LogP contribution is -2.21. The summed E-state index contributed by atoms with van der Waals surface area (Å²) in [4.78, 5) is 7.79. The van der Waals surface area contributed by atoms with Gasteiger partial charge >= 0.3 is 0 Å². The highest BCUT2D eigenvalue weighted by atomic mass is 79.9. The molecule has 0 saturated heterocycles. The third kappa shape index (κ3) is 3.44. The summed E-state index contributed by atoms with van der Waals surface area (Å²) in [6.07, 6.45) is 2.78. The van der Waals surface area contributed by atoms with E-state index in [2.05, 4.69) is 43.3 Å². The van der Waals surface area contributed by atoms with Crippen molar-refractivity contribution in [2.45, 2.75) is 6.42 Å². The van der Waals surface area contributed by atoms with Crippen LogP contribution in [0.5, 0.6) is 0 Å². The molecule has 2 nitrogen and oxygen atoms in total. The molecule has 0 amide bonds. The van der Waals surface area contributed by atoms with Gasteiger partial charge in [0.25, 0.3) is 0 Å². The fourth-order valence-corrected chi connectivity index (χ4v) is 3.00. The van der Waals surface area contributed by atoms with Gasteiger partial charge in [-0.15, -0.1) is 11.3 Å². The lowest BCUT2D eigenvalue weighted by molar-refractivity contribution is 0.869. The molecule has 0 aromatic carbocycles. The maximum absolute atomic E-state index is 6.15. The Hall–Kier alpha value is -0.580. The van der Waals surface area contributed by atoms with Crippen molar-refractivity contribution in [3.63, 3.8) is 0 Å². The molecule has 90 valence electrons. The standard InChI is InChI=1S/C12H12BrClN2S/c1-16(5-4-10-3-2-6-17-10)12-11(14)7-9(13)8-15-12/h2-3,6-8H,4-5H2,1H3. The highest BCUT2D eigenvalue weighted by molar-refractivity contribution is 9.10. The van der Waals surface area contributed by atoms with Crippen molar-refractivity contribution in [1.29, 1.82) is 0 Å². The lowest BCUT2D eigenvalue weighted by Gasteiger charge is -2.18. The monoisotopic (exact) mass is 330 g/mol. The SMILES string of the molecule is CN(CCc1cccs1)c1ncc(Br)cc1Cl. The number of halogens is 2. The molecule has 0 aliphatic carbocycles. The van der Waals surface area contributed by atoms with Crippen molar-refractivity contribution >= 4 is 44.7 Å². The summed E-state index contributed by atoms with van der Waals surface area (Å²) in [7, 11) is 2.01. The van der Waals surface area contributed by atoms with Crippen LogP contribution in [0.25, 0.3) is 0 Å². The zero-order valence-corrected chi connectivity index (χ0v) is 12.5. The molecule has 0 N–H and O–H groups in total. The van der Waals surface area contributed by atoms with E-state index >= 15 is 0 Å². The molecule has 2 aromatic rings. The lowest BCUT2D eigenvalue weighted by atomic mass is 10.3. The van der Waals surface area contributed by atoms with Gasteiger partial charge in [0.1, 0.15) is 5.82 Å². The second kappa shape index (κ2) is 5.85. The summed E-state index contributed by atoms with van der Waals surface area (Å²) >= 11 is 11.3. The largest absolute Gasteiger partial charge is 0.358 e. The van der Waals surface area contributed by atoms with Crippen molar-refractivity contribution in [2.75, 3.05) is 18.5 Å². The van der Waals surface area contributed by atoms with Gasteiger partial charge < -0.3 is 4.90 Å². The summed E-state index contributed by atoms with van der Waals surface area (Å²) in [6.45, 7) is 0.912. The molecule has 17 heavy (non-hydrogen) atoms. The van der Waals surface area contributed by atoms with Crippen molar-refractivity contribution < 1.29 is 0 Å². The molecule has 0 atom stereocenters. The summed E-state index contributed by atoms with van der Waals surface area (Å²) in [5.41, 5.74) is 0. The molecule has 0 fully saturated rings. The van der Waals surface area contributed by atoms with Crippen molar-refractivity contribution in [3.05, 3.63) is 44.1 Å². The van der Waals surface area contributed by atoms with E-state index in [4.69, 9.17) is 11.6 Å². The van der Waals surface area contributed by atoms with Crippen LogP contribution in [0.4, 0.5) is 5.82 Å². The van der Waals surface area contributed by atoms with Gasteiger partial charge in [0.2, 0.25) is 0 Å². The molecule has 2 heterocycles. The molecule has 0 aliphatic heterocycles. The third-order valence-electron chi connectivity index (χ3n) is 2.42. The van der Waals surface area contributed by atoms with Crippen molar-refractivity contribution in [1.82, 2.24) is 4.98 Å². The summed E-state index contributed by atoms with van der Waals surface area (Å²) in [6, 6.07) is 6.09. The Kier molecular flexibility index (Phi) is 4.42. The first kappa shape index (κ1) is 12.9. The zero-order chi connectivity index (χ0) is 12.3. The van der Waals surface area contributed by atoms with Gasteiger partial charge in [-0.2, -0.15) is 0 Å². The van der Waals surface area contributed by atoms with E-state index < -0.39 is 0 Å². The minimum absolute atomic E-state index is 0.674. The number of nitrogens with zero attached hydrogens (tertiary/aromatic N) is 2. The average molecular weight is 332 g/mol. The summed E-state index contributed by atoms with van der Waals surface area (Å²) in [5, 5.41) is 2.77. The molecule has 0 aliphatic rings. The van der Waals surface area contributed by atoms with Crippen LogP contribution >= 0.6 is 38.9 Å². The number of aromatic nitrogens is 1. The van der Waals surface area contributed by atoms with Crippen LogP contribution in [-0.4, -0.2) is 18.6 Å². The normalized spacial score (nSPS) is 10.5. The van der Waals surface area contributed by atoms with E-state index in [9.17, 15) is 0 Å². The fourth-order valence-electron chi connectivity index (χ4n) is 1.53.